The summed E-state index contributed by atoms with van der Waals surface area (Å²) in [6, 6.07) is 44.8. The Morgan fingerprint density at radius 2 is 1.29 bits per heavy atom. The fourth-order valence-corrected chi connectivity index (χ4v) is 9.09. The Balaban J connectivity index is 1.33. The molecule has 6 aromatic carbocycles. The molecule has 9 aromatic rings. The summed E-state index contributed by atoms with van der Waals surface area (Å²) < 4.78 is 2.45. The van der Waals surface area contributed by atoms with Crippen LogP contribution in [0.25, 0.3) is 71.3 Å². The molecule has 11 rings (SSSR count). The SMILES string of the molecule is CC1(C)c2ccccc2-c2c1c1c(c3cc4c(cc23)Cc2ccccc2C4)c2ccccc2n1-c1ccc2ccc3cccnc3c2n1. The lowest BCUT2D eigenvalue weighted by Crippen LogP contribution is -2.17. The highest BCUT2D eigenvalue weighted by Gasteiger charge is 2.40. The van der Waals surface area contributed by atoms with Gasteiger partial charge in [0.15, 0.2) is 0 Å². The van der Waals surface area contributed by atoms with Gasteiger partial charge < -0.3 is 0 Å². The van der Waals surface area contributed by atoms with Crippen LogP contribution in [0.15, 0.2) is 128 Å². The molecular weight excluding hydrogens is 583 g/mol. The van der Waals surface area contributed by atoms with Crippen molar-refractivity contribution in [1.82, 2.24) is 14.5 Å². The number of hydrogen-bond acceptors (Lipinski definition) is 2. The summed E-state index contributed by atoms with van der Waals surface area (Å²) in [5.74, 6) is 0.923. The van der Waals surface area contributed by atoms with Crippen molar-refractivity contribution in [2.24, 2.45) is 0 Å². The molecule has 0 saturated carbocycles. The van der Waals surface area contributed by atoms with Crippen molar-refractivity contribution >= 4 is 54.4 Å². The highest BCUT2D eigenvalue weighted by molar-refractivity contribution is 6.27. The van der Waals surface area contributed by atoms with E-state index in [9.17, 15) is 0 Å². The number of aromatic nitrogens is 3. The largest absolute Gasteiger partial charge is 0.293 e. The highest BCUT2D eigenvalue weighted by Crippen LogP contribution is 2.56. The molecule has 0 spiro atoms. The minimum atomic E-state index is -0.210. The molecule has 2 aliphatic carbocycles. The van der Waals surface area contributed by atoms with Crippen molar-refractivity contribution in [1.29, 1.82) is 0 Å². The van der Waals surface area contributed by atoms with Crippen LogP contribution in [0.3, 0.4) is 0 Å². The Morgan fingerprint density at radius 1 is 0.604 bits per heavy atom. The summed E-state index contributed by atoms with van der Waals surface area (Å²) in [5, 5.41) is 7.48. The third kappa shape index (κ3) is 3.33. The van der Waals surface area contributed by atoms with Crippen LogP contribution in [0.1, 0.15) is 47.2 Å². The minimum Gasteiger partial charge on any atom is -0.293 e. The summed E-state index contributed by atoms with van der Waals surface area (Å²) >= 11 is 0. The molecule has 3 nitrogen and oxygen atoms in total. The maximum atomic E-state index is 5.44. The first-order chi connectivity index (χ1) is 23.6. The molecule has 3 heteroatoms. The van der Waals surface area contributed by atoms with Crippen molar-refractivity contribution in [3.8, 4) is 16.9 Å². The lowest BCUT2D eigenvalue weighted by molar-refractivity contribution is 0.664. The Bertz CT molecular complexity index is 2870. The van der Waals surface area contributed by atoms with Gasteiger partial charge in [-0.15, -0.1) is 0 Å². The first-order valence-corrected chi connectivity index (χ1v) is 16.9. The molecule has 0 radical (unpaired) electrons. The number of nitrogens with zero attached hydrogens (tertiary/aromatic N) is 3. The van der Waals surface area contributed by atoms with Crippen LogP contribution < -0.4 is 0 Å². The van der Waals surface area contributed by atoms with Gasteiger partial charge in [0.1, 0.15) is 5.82 Å². The zero-order valence-electron chi connectivity index (χ0n) is 26.9. The fraction of sp³-hybridized carbons (Fsp3) is 0.111. The number of fused-ring (bicyclic) bond motifs is 15. The van der Waals surface area contributed by atoms with Crippen molar-refractivity contribution in [3.63, 3.8) is 0 Å². The first kappa shape index (κ1) is 26.3. The number of para-hydroxylation sites is 1. The van der Waals surface area contributed by atoms with Crippen LogP contribution in [0.2, 0.25) is 0 Å². The smallest absolute Gasteiger partial charge is 0.138 e. The molecule has 0 bridgehead atoms. The molecule has 226 valence electrons. The quantitative estimate of drug-likeness (QED) is 0.172. The van der Waals surface area contributed by atoms with Crippen molar-refractivity contribution < 1.29 is 0 Å². The van der Waals surface area contributed by atoms with Crippen LogP contribution in [0.5, 0.6) is 0 Å². The molecule has 2 aliphatic rings. The van der Waals surface area contributed by atoms with E-state index in [-0.39, 0.29) is 5.41 Å². The minimum absolute atomic E-state index is 0.210. The van der Waals surface area contributed by atoms with E-state index in [0.29, 0.717) is 0 Å². The Kier molecular flexibility index (Phi) is 5.02. The predicted molar refractivity (Wildman–Crippen MR) is 199 cm³/mol. The molecule has 0 atom stereocenters. The molecule has 0 unspecified atom stereocenters. The zero-order chi connectivity index (χ0) is 31.7. The van der Waals surface area contributed by atoms with Gasteiger partial charge in [-0.3, -0.25) is 9.55 Å². The Hall–Kier alpha value is -5.80. The molecule has 0 fully saturated rings. The van der Waals surface area contributed by atoms with E-state index in [2.05, 4.69) is 134 Å². The van der Waals surface area contributed by atoms with E-state index in [0.717, 1.165) is 40.5 Å². The van der Waals surface area contributed by atoms with Crippen molar-refractivity contribution in [2.45, 2.75) is 32.1 Å². The van der Waals surface area contributed by atoms with Crippen LogP contribution in [-0.2, 0) is 18.3 Å². The lowest BCUT2D eigenvalue weighted by Gasteiger charge is -2.25. The van der Waals surface area contributed by atoms with Gasteiger partial charge in [0.25, 0.3) is 0 Å². The monoisotopic (exact) mass is 613 g/mol. The van der Waals surface area contributed by atoms with Crippen LogP contribution in [-0.4, -0.2) is 14.5 Å². The second kappa shape index (κ2) is 9.17. The fourth-order valence-electron chi connectivity index (χ4n) is 9.09. The molecule has 0 N–H and O–H groups in total. The van der Waals surface area contributed by atoms with Gasteiger partial charge in [-0.25, -0.2) is 4.98 Å². The Morgan fingerprint density at radius 3 is 2.12 bits per heavy atom. The van der Waals surface area contributed by atoms with E-state index >= 15 is 0 Å². The molecule has 3 heterocycles. The summed E-state index contributed by atoms with van der Waals surface area (Å²) in [5.41, 5.74) is 15.4. The Labute approximate surface area is 278 Å². The average molecular weight is 614 g/mol. The highest BCUT2D eigenvalue weighted by atomic mass is 15.1. The second-order valence-corrected chi connectivity index (χ2v) is 14.2. The van der Waals surface area contributed by atoms with E-state index in [4.69, 9.17) is 9.97 Å². The predicted octanol–water partition coefficient (Wildman–Crippen LogP) is 10.8. The van der Waals surface area contributed by atoms with Crippen molar-refractivity contribution in [2.75, 3.05) is 0 Å². The van der Waals surface area contributed by atoms with Crippen LogP contribution in [0.4, 0.5) is 0 Å². The van der Waals surface area contributed by atoms with Crippen LogP contribution >= 0.6 is 0 Å². The van der Waals surface area contributed by atoms with Gasteiger partial charge in [0, 0.05) is 33.2 Å². The third-order valence-electron chi connectivity index (χ3n) is 11.3. The van der Waals surface area contributed by atoms with Crippen molar-refractivity contribution in [3.05, 3.63) is 161 Å². The van der Waals surface area contributed by atoms with E-state index in [1.807, 2.05) is 12.3 Å². The summed E-state index contributed by atoms with van der Waals surface area (Å²) in [6.07, 6.45) is 3.81. The van der Waals surface area contributed by atoms with Gasteiger partial charge in [-0.1, -0.05) is 98.8 Å². The van der Waals surface area contributed by atoms with E-state index < -0.39 is 0 Å². The molecular formula is C45H31N3. The number of benzene rings is 6. The van der Waals surface area contributed by atoms with Gasteiger partial charge >= 0.3 is 0 Å². The number of hydrogen-bond donors (Lipinski definition) is 0. The molecule has 3 aromatic heterocycles. The van der Waals surface area contributed by atoms with Crippen LogP contribution in [0, 0.1) is 0 Å². The van der Waals surface area contributed by atoms with Gasteiger partial charge in [0.2, 0.25) is 0 Å². The normalized spacial score (nSPS) is 14.5. The molecule has 0 aliphatic heterocycles. The average Bonchev–Trinajstić information content (AvgIpc) is 3.59. The summed E-state index contributed by atoms with van der Waals surface area (Å²) in [4.78, 5) is 10.2. The second-order valence-electron chi connectivity index (χ2n) is 14.2. The first-order valence-electron chi connectivity index (χ1n) is 16.9. The molecule has 0 amide bonds. The van der Waals surface area contributed by atoms with E-state index in [1.54, 1.807) is 0 Å². The maximum Gasteiger partial charge on any atom is 0.138 e. The molecule has 0 saturated heterocycles. The summed E-state index contributed by atoms with van der Waals surface area (Å²) in [7, 11) is 0. The summed E-state index contributed by atoms with van der Waals surface area (Å²) in [6.45, 7) is 4.82. The standard InChI is InChI=1S/C45H31N3/c1-45(2)36-15-7-5-13-32(36)39-34-24-30-22-28-10-3-4-11-29(28)23-31(30)25-35(34)40-33-14-6-8-16-37(33)48(44(40)41(39)45)38-20-19-27-18-17-26-12-9-21-46-42(26)43(27)47-38/h3-21,24-25H,22-23H2,1-2H3. The zero-order valence-corrected chi connectivity index (χ0v) is 26.9. The van der Waals surface area contributed by atoms with Gasteiger partial charge in [0.05, 0.1) is 22.1 Å². The number of pyridine rings is 2. The molecule has 48 heavy (non-hydrogen) atoms. The third-order valence-corrected chi connectivity index (χ3v) is 11.3. The van der Waals surface area contributed by atoms with Gasteiger partial charge in [-0.05, 0) is 105 Å². The number of rotatable bonds is 1. The topological polar surface area (TPSA) is 30.7 Å². The van der Waals surface area contributed by atoms with Gasteiger partial charge in [-0.2, -0.15) is 0 Å². The lowest BCUT2D eigenvalue weighted by atomic mass is 9.79. The van der Waals surface area contributed by atoms with E-state index in [1.165, 1.54) is 77.1 Å². The maximum absolute atomic E-state index is 5.44.